The third kappa shape index (κ3) is 5.92. The van der Waals surface area contributed by atoms with Gasteiger partial charge in [0.15, 0.2) is 5.69 Å². The van der Waals surface area contributed by atoms with Gasteiger partial charge in [0.2, 0.25) is 5.91 Å². The fraction of sp³-hybridized carbons (Fsp3) is 0.308. The van der Waals surface area contributed by atoms with E-state index in [0.29, 0.717) is 36.1 Å². The second-order valence-electron chi connectivity index (χ2n) is 8.57. The SMILES string of the molecule is CCOc1ccc([C@H](C(=O)NC[C@@H]2CCCO2)N(C(=O)c2snc(C(N)=O)c2N)c2ccc(F)cc2)cc1. The number of carbonyl (C=O) groups is 3. The quantitative estimate of drug-likeness (QED) is 0.357. The molecule has 0 radical (unpaired) electrons. The molecule has 1 aliphatic heterocycles. The van der Waals surface area contributed by atoms with E-state index < -0.39 is 29.6 Å². The number of benzene rings is 2. The summed E-state index contributed by atoms with van der Waals surface area (Å²) in [5.74, 6) is -2.00. The van der Waals surface area contributed by atoms with Gasteiger partial charge in [-0.2, -0.15) is 4.37 Å². The van der Waals surface area contributed by atoms with Crippen molar-refractivity contribution in [2.75, 3.05) is 30.4 Å². The van der Waals surface area contributed by atoms with Gasteiger partial charge < -0.3 is 26.3 Å². The van der Waals surface area contributed by atoms with Crippen LogP contribution >= 0.6 is 11.5 Å². The maximum absolute atomic E-state index is 14.0. The number of nitrogens with zero attached hydrogens (tertiary/aromatic N) is 2. The van der Waals surface area contributed by atoms with Crippen LogP contribution in [0.2, 0.25) is 0 Å². The molecule has 1 aromatic heterocycles. The van der Waals surface area contributed by atoms with Crippen molar-refractivity contribution < 1.29 is 28.2 Å². The summed E-state index contributed by atoms with van der Waals surface area (Å²) in [4.78, 5) is 40.6. The number of rotatable bonds is 10. The number of nitrogen functional groups attached to an aromatic ring is 1. The Balaban J connectivity index is 1.79. The summed E-state index contributed by atoms with van der Waals surface area (Å²) in [5.41, 5.74) is 11.7. The normalized spacial score (nSPS) is 15.6. The number of hydrogen-bond acceptors (Lipinski definition) is 8. The van der Waals surface area contributed by atoms with Crippen molar-refractivity contribution >= 4 is 40.6 Å². The molecule has 0 saturated carbocycles. The average Bonchev–Trinajstić information content (AvgIpc) is 3.57. The zero-order valence-electron chi connectivity index (χ0n) is 20.7. The minimum Gasteiger partial charge on any atom is -0.494 e. The lowest BCUT2D eigenvalue weighted by Crippen LogP contribution is -2.45. The van der Waals surface area contributed by atoms with Gasteiger partial charge in [-0.05, 0) is 73.3 Å². The Morgan fingerprint density at radius 2 is 1.92 bits per heavy atom. The molecule has 1 aliphatic rings. The Morgan fingerprint density at radius 1 is 1.21 bits per heavy atom. The molecule has 2 heterocycles. The predicted molar refractivity (Wildman–Crippen MR) is 141 cm³/mol. The maximum Gasteiger partial charge on any atom is 0.273 e. The first-order valence-electron chi connectivity index (χ1n) is 12.1. The van der Waals surface area contributed by atoms with Crippen LogP contribution in [0, 0.1) is 5.82 Å². The summed E-state index contributed by atoms with van der Waals surface area (Å²) in [6, 6.07) is 10.7. The number of nitrogens with one attached hydrogen (secondary N) is 1. The number of primary amides is 1. The molecule has 2 aromatic carbocycles. The lowest BCUT2D eigenvalue weighted by molar-refractivity contribution is -0.123. The number of hydrogen-bond donors (Lipinski definition) is 3. The van der Waals surface area contributed by atoms with Crippen LogP contribution < -0.4 is 26.4 Å². The second-order valence-corrected chi connectivity index (χ2v) is 9.35. The van der Waals surface area contributed by atoms with E-state index in [4.69, 9.17) is 20.9 Å². The molecule has 1 fully saturated rings. The van der Waals surface area contributed by atoms with Crippen molar-refractivity contribution in [2.45, 2.75) is 31.9 Å². The van der Waals surface area contributed by atoms with Crippen LogP contribution in [0.3, 0.4) is 0 Å². The standard InChI is InChI=1S/C26H28FN5O5S/c1-2-36-18-11-5-15(6-12-18)22(25(34)30-14-19-4-3-13-37-19)32(17-9-7-16(27)8-10-17)26(35)23-20(28)21(24(29)33)31-38-23/h5-12,19,22H,2-4,13-14,28H2,1H3,(H2,29,33)(H,30,34)/t19-,22+/m0/s1. The van der Waals surface area contributed by atoms with Gasteiger partial charge in [0, 0.05) is 18.8 Å². The minimum absolute atomic E-state index is 0.0778. The number of halogens is 1. The lowest BCUT2D eigenvalue weighted by atomic mass is 10.0. The van der Waals surface area contributed by atoms with Gasteiger partial charge in [-0.15, -0.1) is 0 Å². The number of aromatic nitrogens is 1. The van der Waals surface area contributed by atoms with Gasteiger partial charge in [0.25, 0.3) is 11.8 Å². The van der Waals surface area contributed by atoms with Crippen LogP contribution in [0.1, 0.15) is 51.5 Å². The highest BCUT2D eigenvalue weighted by atomic mass is 32.1. The summed E-state index contributed by atoms with van der Waals surface area (Å²) in [7, 11) is 0. The molecule has 5 N–H and O–H groups in total. The second kappa shape index (κ2) is 12.0. The number of amides is 3. The van der Waals surface area contributed by atoms with Crippen molar-refractivity contribution in [3.63, 3.8) is 0 Å². The largest absolute Gasteiger partial charge is 0.494 e. The number of anilines is 2. The van der Waals surface area contributed by atoms with E-state index in [-0.39, 0.29) is 34.6 Å². The topological polar surface area (TPSA) is 150 Å². The van der Waals surface area contributed by atoms with Crippen molar-refractivity contribution in [1.82, 2.24) is 9.69 Å². The third-order valence-electron chi connectivity index (χ3n) is 6.02. The summed E-state index contributed by atoms with van der Waals surface area (Å²) in [6.07, 6.45) is 1.57. The van der Waals surface area contributed by atoms with Gasteiger partial charge >= 0.3 is 0 Å². The summed E-state index contributed by atoms with van der Waals surface area (Å²) in [5, 5.41) is 2.89. The molecule has 3 aromatic rings. The van der Waals surface area contributed by atoms with Crippen molar-refractivity contribution in [3.8, 4) is 5.75 Å². The molecule has 10 nitrogen and oxygen atoms in total. The zero-order valence-corrected chi connectivity index (χ0v) is 21.5. The molecule has 2 atom stereocenters. The Bertz CT molecular complexity index is 1290. The van der Waals surface area contributed by atoms with Crippen LogP contribution in [0.5, 0.6) is 5.75 Å². The molecular formula is C26H28FN5O5S. The van der Waals surface area contributed by atoms with Crippen molar-refractivity contribution in [3.05, 3.63) is 70.5 Å². The summed E-state index contributed by atoms with van der Waals surface area (Å²) >= 11 is 0.693. The van der Waals surface area contributed by atoms with E-state index in [2.05, 4.69) is 9.69 Å². The first-order valence-corrected chi connectivity index (χ1v) is 12.8. The van der Waals surface area contributed by atoms with E-state index in [1.54, 1.807) is 24.3 Å². The van der Waals surface area contributed by atoms with Crippen LogP contribution in [0.15, 0.2) is 48.5 Å². The Kier molecular flexibility index (Phi) is 8.54. The van der Waals surface area contributed by atoms with Crippen molar-refractivity contribution in [2.24, 2.45) is 5.73 Å². The lowest BCUT2D eigenvalue weighted by Gasteiger charge is -2.31. The molecule has 12 heteroatoms. The Hall–Kier alpha value is -4.03. The smallest absolute Gasteiger partial charge is 0.273 e. The summed E-state index contributed by atoms with van der Waals surface area (Å²) in [6.45, 7) is 3.18. The zero-order chi connectivity index (χ0) is 27.2. The number of carbonyl (C=O) groups excluding carboxylic acids is 3. The van der Waals surface area contributed by atoms with Gasteiger partial charge in [0.1, 0.15) is 22.5 Å². The molecular weight excluding hydrogens is 513 g/mol. The van der Waals surface area contributed by atoms with Gasteiger partial charge in [-0.25, -0.2) is 4.39 Å². The number of nitrogens with two attached hydrogens (primary N) is 2. The first-order chi connectivity index (χ1) is 18.3. The van der Waals surface area contributed by atoms with Crippen LogP contribution in [0.4, 0.5) is 15.8 Å². The van der Waals surface area contributed by atoms with Gasteiger partial charge in [0.05, 0.1) is 18.4 Å². The molecule has 0 unspecified atom stereocenters. The third-order valence-corrected chi connectivity index (χ3v) is 6.87. The molecule has 200 valence electrons. The van der Waals surface area contributed by atoms with Crippen LogP contribution in [-0.2, 0) is 9.53 Å². The molecule has 3 amide bonds. The van der Waals surface area contributed by atoms with E-state index in [0.717, 1.165) is 12.8 Å². The van der Waals surface area contributed by atoms with E-state index in [1.165, 1.54) is 29.2 Å². The first kappa shape index (κ1) is 27.0. The van der Waals surface area contributed by atoms with Gasteiger partial charge in [-0.1, -0.05) is 12.1 Å². The molecule has 1 saturated heterocycles. The van der Waals surface area contributed by atoms with E-state index in [9.17, 15) is 18.8 Å². The molecule has 4 rings (SSSR count). The molecule has 0 aliphatic carbocycles. The van der Waals surface area contributed by atoms with Gasteiger partial charge in [-0.3, -0.25) is 19.3 Å². The van der Waals surface area contributed by atoms with Crippen LogP contribution in [0.25, 0.3) is 0 Å². The minimum atomic E-state index is -1.19. The number of ether oxygens (including phenoxy) is 2. The molecule has 38 heavy (non-hydrogen) atoms. The van der Waals surface area contributed by atoms with Crippen LogP contribution in [-0.4, -0.2) is 48.0 Å². The fourth-order valence-corrected chi connectivity index (χ4v) is 4.91. The van der Waals surface area contributed by atoms with E-state index in [1.807, 2.05) is 6.92 Å². The Morgan fingerprint density at radius 3 is 2.50 bits per heavy atom. The van der Waals surface area contributed by atoms with E-state index >= 15 is 0 Å². The highest BCUT2D eigenvalue weighted by molar-refractivity contribution is 7.09. The average molecular weight is 542 g/mol. The highest BCUT2D eigenvalue weighted by Crippen LogP contribution is 2.34. The maximum atomic E-state index is 14.0. The predicted octanol–water partition coefficient (Wildman–Crippen LogP) is 3.05. The summed E-state index contributed by atoms with van der Waals surface area (Å²) < 4.78 is 28.9. The highest BCUT2D eigenvalue weighted by Gasteiger charge is 2.36. The van der Waals surface area contributed by atoms with Crippen molar-refractivity contribution in [1.29, 1.82) is 0 Å². The fourth-order valence-electron chi connectivity index (χ4n) is 4.17. The monoisotopic (exact) mass is 541 g/mol. The molecule has 0 spiro atoms. The Labute approximate surface area is 222 Å². The molecule has 0 bridgehead atoms.